The molecule has 0 atom stereocenters. The highest BCUT2D eigenvalue weighted by atomic mass is 14.3. The van der Waals surface area contributed by atoms with Gasteiger partial charge in [-0.3, -0.25) is 0 Å². The SMILES string of the molecule is Cc1ccccc1C[C]c1cccc(C#N)c1[C]Cc1ccccc1C. The summed E-state index contributed by atoms with van der Waals surface area (Å²) in [4.78, 5) is 0. The quantitative estimate of drug-likeness (QED) is 0.582. The zero-order valence-electron chi connectivity index (χ0n) is 15.2. The number of aryl methyl sites for hydroxylation is 2. The Morgan fingerprint density at radius 2 is 1.19 bits per heavy atom. The van der Waals surface area contributed by atoms with Gasteiger partial charge in [0.25, 0.3) is 0 Å². The van der Waals surface area contributed by atoms with E-state index in [4.69, 9.17) is 0 Å². The molecule has 3 aromatic carbocycles. The van der Waals surface area contributed by atoms with E-state index in [9.17, 15) is 5.26 Å². The van der Waals surface area contributed by atoms with Crippen molar-refractivity contribution in [1.29, 1.82) is 5.26 Å². The molecule has 0 aliphatic heterocycles. The molecule has 0 amide bonds. The van der Waals surface area contributed by atoms with Crippen LogP contribution >= 0.6 is 0 Å². The summed E-state index contributed by atoms with van der Waals surface area (Å²) in [5.41, 5.74) is 7.42. The number of rotatable bonds is 6. The highest BCUT2D eigenvalue weighted by molar-refractivity contribution is 5.51. The van der Waals surface area contributed by atoms with E-state index in [1.165, 1.54) is 22.3 Å². The smallest absolute Gasteiger partial charge is 0.0994 e. The maximum absolute atomic E-state index is 9.51. The summed E-state index contributed by atoms with van der Waals surface area (Å²) in [7, 11) is 0. The molecule has 0 unspecified atom stereocenters. The molecule has 0 aliphatic rings. The molecule has 3 aromatic rings. The largest absolute Gasteiger partial charge is 0.192 e. The van der Waals surface area contributed by atoms with E-state index in [0.717, 1.165) is 17.5 Å². The molecular formula is C25H21N. The second kappa shape index (κ2) is 8.50. The van der Waals surface area contributed by atoms with E-state index in [0.29, 0.717) is 12.0 Å². The zero-order valence-corrected chi connectivity index (χ0v) is 15.2. The second-order valence-corrected chi connectivity index (χ2v) is 6.40. The third-order valence-corrected chi connectivity index (χ3v) is 4.63. The van der Waals surface area contributed by atoms with E-state index in [1.807, 2.05) is 42.5 Å². The molecule has 1 heteroatoms. The van der Waals surface area contributed by atoms with Crippen LogP contribution in [0.25, 0.3) is 0 Å². The first-order valence-corrected chi connectivity index (χ1v) is 8.79. The van der Waals surface area contributed by atoms with Crippen molar-refractivity contribution in [3.05, 3.63) is 119 Å². The van der Waals surface area contributed by atoms with Crippen molar-refractivity contribution >= 4 is 0 Å². The Bertz CT molecular complexity index is 931. The van der Waals surface area contributed by atoms with Gasteiger partial charge in [-0.25, -0.2) is 0 Å². The Balaban J connectivity index is 1.81. The van der Waals surface area contributed by atoms with Crippen molar-refractivity contribution in [3.8, 4) is 6.07 Å². The highest BCUT2D eigenvalue weighted by Crippen LogP contribution is 2.23. The van der Waals surface area contributed by atoms with Crippen LogP contribution < -0.4 is 0 Å². The van der Waals surface area contributed by atoms with Gasteiger partial charge >= 0.3 is 0 Å². The summed E-state index contributed by atoms with van der Waals surface area (Å²) in [5.74, 6) is 0. The topological polar surface area (TPSA) is 23.8 Å². The first kappa shape index (κ1) is 18.0. The van der Waals surface area contributed by atoms with Gasteiger partial charge in [0, 0.05) is 12.8 Å². The molecule has 0 heterocycles. The molecule has 26 heavy (non-hydrogen) atoms. The highest BCUT2D eigenvalue weighted by Gasteiger charge is 2.11. The van der Waals surface area contributed by atoms with Crippen molar-refractivity contribution in [2.75, 3.05) is 0 Å². The second-order valence-electron chi connectivity index (χ2n) is 6.40. The van der Waals surface area contributed by atoms with Gasteiger partial charge in [0.15, 0.2) is 0 Å². The van der Waals surface area contributed by atoms with E-state index < -0.39 is 0 Å². The Morgan fingerprint density at radius 1 is 0.654 bits per heavy atom. The summed E-state index contributed by atoms with van der Waals surface area (Å²) >= 11 is 0. The zero-order chi connectivity index (χ0) is 18.4. The van der Waals surface area contributed by atoms with Crippen molar-refractivity contribution in [2.45, 2.75) is 26.7 Å². The van der Waals surface area contributed by atoms with Crippen molar-refractivity contribution in [3.63, 3.8) is 0 Å². The van der Waals surface area contributed by atoms with Crippen molar-refractivity contribution < 1.29 is 0 Å². The van der Waals surface area contributed by atoms with Crippen LogP contribution in [-0.4, -0.2) is 0 Å². The van der Waals surface area contributed by atoms with Gasteiger partial charge in [-0.2, -0.15) is 5.26 Å². The minimum atomic E-state index is 0.647. The predicted octanol–water partition coefficient (Wildman–Crippen LogP) is 5.52. The first-order chi connectivity index (χ1) is 12.7. The normalized spacial score (nSPS) is 10.5. The van der Waals surface area contributed by atoms with E-state index in [-0.39, 0.29) is 0 Å². The molecular weight excluding hydrogens is 314 g/mol. The van der Waals surface area contributed by atoms with Gasteiger partial charge in [0.05, 0.1) is 11.6 Å². The molecule has 0 fully saturated rings. The lowest BCUT2D eigenvalue weighted by Gasteiger charge is -2.12. The van der Waals surface area contributed by atoms with Crippen LogP contribution in [0.3, 0.4) is 0 Å². The predicted molar refractivity (Wildman–Crippen MR) is 106 cm³/mol. The number of benzene rings is 3. The van der Waals surface area contributed by atoms with Crippen molar-refractivity contribution in [2.24, 2.45) is 0 Å². The molecule has 0 saturated heterocycles. The molecule has 0 N–H and O–H groups in total. The van der Waals surface area contributed by atoms with Crippen LogP contribution in [0.2, 0.25) is 0 Å². The van der Waals surface area contributed by atoms with Gasteiger partial charge in [0.1, 0.15) is 0 Å². The summed E-state index contributed by atoms with van der Waals surface area (Å²) in [6.07, 6.45) is 8.35. The van der Waals surface area contributed by atoms with E-state index in [1.54, 1.807) is 0 Å². The standard InChI is InChI=1S/C25H21N/c1-19-8-3-5-10-21(19)14-15-23-12-7-13-24(18-26)25(23)17-16-22-11-6-4-9-20(22)2/h3-13H,14,16H2,1-2H3. The number of hydrogen-bond acceptors (Lipinski definition) is 1. The maximum atomic E-state index is 9.51. The number of hydrogen-bond donors (Lipinski definition) is 0. The summed E-state index contributed by atoms with van der Waals surface area (Å²) < 4.78 is 0. The molecule has 0 aromatic heterocycles. The third-order valence-electron chi connectivity index (χ3n) is 4.63. The van der Waals surface area contributed by atoms with Gasteiger partial charge in [-0.05, 0) is 66.1 Å². The average molecular weight is 335 g/mol. The molecule has 3 rings (SSSR count). The summed E-state index contributed by atoms with van der Waals surface area (Å²) in [5, 5.41) is 9.51. The minimum Gasteiger partial charge on any atom is -0.192 e. The summed E-state index contributed by atoms with van der Waals surface area (Å²) in [6.45, 7) is 4.21. The Kier molecular flexibility index (Phi) is 5.87. The van der Waals surface area contributed by atoms with Gasteiger partial charge < -0.3 is 0 Å². The molecule has 0 spiro atoms. The van der Waals surface area contributed by atoms with Crippen LogP contribution in [0.5, 0.6) is 0 Å². The Labute approximate surface area is 156 Å². The summed E-state index contributed by atoms with van der Waals surface area (Å²) in [6, 6.07) is 24.7. The average Bonchev–Trinajstić information content (AvgIpc) is 2.67. The van der Waals surface area contributed by atoms with Crippen LogP contribution in [0, 0.1) is 38.0 Å². The molecule has 0 saturated carbocycles. The Hall–Kier alpha value is -2.85. The van der Waals surface area contributed by atoms with Crippen LogP contribution in [-0.2, 0) is 12.8 Å². The lowest BCUT2D eigenvalue weighted by Crippen LogP contribution is -2.01. The molecule has 4 radical (unpaired) electrons. The van der Waals surface area contributed by atoms with Gasteiger partial charge in [-0.1, -0.05) is 60.7 Å². The maximum Gasteiger partial charge on any atom is 0.0994 e. The fourth-order valence-electron chi connectivity index (χ4n) is 2.97. The third kappa shape index (κ3) is 4.21. The molecule has 1 nitrogen and oxygen atoms in total. The fourth-order valence-corrected chi connectivity index (χ4v) is 2.97. The molecule has 0 bridgehead atoms. The molecule has 126 valence electrons. The Morgan fingerprint density at radius 3 is 1.77 bits per heavy atom. The monoisotopic (exact) mass is 335 g/mol. The van der Waals surface area contributed by atoms with Crippen LogP contribution in [0.1, 0.15) is 38.9 Å². The van der Waals surface area contributed by atoms with E-state index in [2.05, 4.69) is 57.0 Å². The minimum absolute atomic E-state index is 0.647. The van der Waals surface area contributed by atoms with Crippen LogP contribution in [0.4, 0.5) is 0 Å². The van der Waals surface area contributed by atoms with E-state index >= 15 is 0 Å². The number of nitriles is 1. The molecule has 0 aliphatic carbocycles. The lowest BCUT2D eigenvalue weighted by molar-refractivity contribution is 1.09. The van der Waals surface area contributed by atoms with Crippen molar-refractivity contribution in [1.82, 2.24) is 0 Å². The first-order valence-electron chi connectivity index (χ1n) is 8.79. The number of nitrogens with zero attached hydrogens (tertiary/aromatic N) is 1. The fraction of sp³-hybridized carbons (Fsp3) is 0.160. The van der Waals surface area contributed by atoms with Gasteiger partial charge in [0.2, 0.25) is 0 Å². The van der Waals surface area contributed by atoms with Crippen LogP contribution in [0.15, 0.2) is 66.7 Å². The lowest BCUT2D eigenvalue weighted by atomic mass is 9.91. The van der Waals surface area contributed by atoms with Gasteiger partial charge in [-0.15, -0.1) is 0 Å².